The zero-order valence-electron chi connectivity index (χ0n) is 14.1. The van der Waals surface area contributed by atoms with Crippen molar-refractivity contribution in [1.82, 2.24) is 10.2 Å². The first-order valence-electron chi connectivity index (χ1n) is 8.71. The molecular weight excluding hydrogens is 361 g/mol. The van der Waals surface area contributed by atoms with Crippen LogP contribution >= 0.6 is 11.3 Å². The molecule has 0 spiro atoms. The summed E-state index contributed by atoms with van der Waals surface area (Å²) in [5.41, 5.74) is 0.0167. The van der Waals surface area contributed by atoms with E-state index < -0.39 is 11.7 Å². The maximum atomic E-state index is 12.7. The van der Waals surface area contributed by atoms with Crippen molar-refractivity contribution in [3.63, 3.8) is 0 Å². The number of carbonyl (C=O) groups is 1. The predicted octanol–water partition coefficient (Wildman–Crippen LogP) is 4.26. The summed E-state index contributed by atoms with van der Waals surface area (Å²) in [6.07, 6.45) is -2.08. The molecule has 2 bridgehead atoms. The van der Waals surface area contributed by atoms with Gasteiger partial charge in [0.15, 0.2) is 0 Å². The van der Waals surface area contributed by atoms with E-state index in [1.165, 1.54) is 23.5 Å². The molecule has 1 aromatic carbocycles. The molecule has 4 heterocycles. The molecule has 0 unspecified atom stereocenters. The van der Waals surface area contributed by atoms with E-state index in [2.05, 4.69) is 10.2 Å². The van der Waals surface area contributed by atoms with E-state index in [0.717, 1.165) is 49.5 Å². The molecule has 3 aliphatic heterocycles. The number of hydrogen-bond acceptors (Lipinski definition) is 3. The Kier molecular flexibility index (Phi) is 4.52. The quantitative estimate of drug-likeness (QED) is 0.863. The van der Waals surface area contributed by atoms with Crippen molar-refractivity contribution in [3.8, 4) is 10.4 Å². The smallest absolute Gasteiger partial charge is 0.347 e. The van der Waals surface area contributed by atoms with Crippen LogP contribution in [0.1, 0.15) is 28.1 Å². The highest BCUT2D eigenvalue weighted by atomic mass is 32.1. The minimum atomic E-state index is -4.34. The molecule has 1 amide bonds. The van der Waals surface area contributed by atoms with Gasteiger partial charge in [-0.3, -0.25) is 4.79 Å². The lowest BCUT2D eigenvalue weighted by atomic mass is 9.84. The number of halogens is 3. The van der Waals surface area contributed by atoms with E-state index >= 15 is 0 Å². The molecule has 26 heavy (non-hydrogen) atoms. The van der Waals surface area contributed by atoms with Crippen molar-refractivity contribution in [1.29, 1.82) is 0 Å². The lowest BCUT2D eigenvalue weighted by Crippen LogP contribution is -2.57. The first-order valence-corrected chi connectivity index (χ1v) is 9.52. The van der Waals surface area contributed by atoms with Crippen LogP contribution in [0.4, 0.5) is 13.2 Å². The Hall–Kier alpha value is -1.86. The first kappa shape index (κ1) is 17.5. The summed E-state index contributed by atoms with van der Waals surface area (Å²) in [7, 11) is 0. The Bertz CT molecular complexity index is 792. The maximum absolute atomic E-state index is 12.7. The summed E-state index contributed by atoms with van der Waals surface area (Å²) in [4.78, 5) is 16.3. The van der Waals surface area contributed by atoms with Gasteiger partial charge in [0.05, 0.1) is 10.4 Å². The van der Waals surface area contributed by atoms with Crippen molar-refractivity contribution in [2.45, 2.75) is 25.1 Å². The van der Waals surface area contributed by atoms with E-state index in [-0.39, 0.29) is 11.9 Å². The topological polar surface area (TPSA) is 32.3 Å². The van der Waals surface area contributed by atoms with Gasteiger partial charge in [0.1, 0.15) is 0 Å². The monoisotopic (exact) mass is 380 g/mol. The molecule has 3 nitrogen and oxygen atoms in total. The van der Waals surface area contributed by atoms with Crippen LogP contribution < -0.4 is 5.32 Å². The molecule has 7 heteroatoms. The number of amides is 1. The van der Waals surface area contributed by atoms with Crippen molar-refractivity contribution in [3.05, 3.63) is 46.8 Å². The number of rotatable bonds is 3. The van der Waals surface area contributed by atoms with Crippen LogP contribution in [0, 0.1) is 5.92 Å². The summed E-state index contributed by atoms with van der Waals surface area (Å²) >= 11 is 1.31. The van der Waals surface area contributed by atoms with Crippen LogP contribution in [0.5, 0.6) is 0 Å². The average Bonchev–Trinajstić information content (AvgIpc) is 3.12. The molecule has 2 aromatic rings. The van der Waals surface area contributed by atoms with E-state index in [0.29, 0.717) is 16.4 Å². The maximum Gasteiger partial charge on any atom is 0.416 e. The molecule has 1 aromatic heterocycles. The highest BCUT2D eigenvalue weighted by Gasteiger charge is 2.35. The number of fused-ring (bicyclic) bond motifs is 3. The van der Waals surface area contributed by atoms with E-state index in [1.807, 2.05) is 0 Å². The van der Waals surface area contributed by atoms with Crippen molar-refractivity contribution in [2.75, 3.05) is 19.6 Å². The molecule has 1 N–H and O–H groups in total. The third-order valence-corrected chi connectivity index (χ3v) is 6.43. The number of piperidine rings is 3. The second kappa shape index (κ2) is 6.70. The van der Waals surface area contributed by atoms with Gasteiger partial charge in [-0.1, -0.05) is 12.1 Å². The van der Waals surface area contributed by atoms with Crippen LogP contribution in [0.15, 0.2) is 36.4 Å². The minimum absolute atomic E-state index is 0.0908. The van der Waals surface area contributed by atoms with Crippen molar-refractivity contribution in [2.24, 2.45) is 5.92 Å². The van der Waals surface area contributed by atoms with Gasteiger partial charge in [-0.15, -0.1) is 11.3 Å². The fourth-order valence-electron chi connectivity index (χ4n) is 3.81. The molecule has 3 saturated heterocycles. The van der Waals surface area contributed by atoms with Crippen LogP contribution in [-0.4, -0.2) is 36.5 Å². The summed E-state index contributed by atoms with van der Waals surface area (Å²) in [6.45, 7) is 3.15. The summed E-state index contributed by atoms with van der Waals surface area (Å²) in [5, 5.41) is 3.14. The Morgan fingerprint density at radius 2 is 1.77 bits per heavy atom. The van der Waals surface area contributed by atoms with Crippen molar-refractivity contribution >= 4 is 17.2 Å². The number of nitrogens with zero attached hydrogens (tertiary/aromatic N) is 1. The Balaban J connectivity index is 1.45. The third-order valence-electron chi connectivity index (χ3n) is 5.30. The number of carbonyl (C=O) groups excluding carboxylic acids is 1. The molecule has 1 atom stereocenters. The summed E-state index contributed by atoms with van der Waals surface area (Å²) < 4.78 is 38.0. The van der Waals surface area contributed by atoms with Gasteiger partial charge < -0.3 is 10.2 Å². The molecule has 138 valence electrons. The van der Waals surface area contributed by atoms with Crippen LogP contribution in [0.25, 0.3) is 10.4 Å². The molecular formula is C19H19F3N2OS. The van der Waals surface area contributed by atoms with Gasteiger partial charge in [0, 0.05) is 17.5 Å². The molecule has 0 aliphatic carbocycles. The lowest BCUT2D eigenvalue weighted by molar-refractivity contribution is -0.137. The number of benzene rings is 1. The number of alkyl halides is 3. The Morgan fingerprint density at radius 3 is 2.35 bits per heavy atom. The van der Waals surface area contributed by atoms with Crippen LogP contribution in [-0.2, 0) is 6.18 Å². The normalized spacial score (nSPS) is 25.3. The van der Waals surface area contributed by atoms with Crippen LogP contribution in [0.2, 0.25) is 0 Å². The fraction of sp³-hybridized carbons (Fsp3) is 0.421. The average molecular weight is 380 g/mol. The van der Waals surface area contributed by atoms with Gasteiger partial charge in [0.2, 0.25) is 0 Å². The largest absolute Gasteiger partial charge is 0.416 e. The van der Waals surface area contributed by atoms with E-state index in [4.69, 9.17) is 0 Å². The minimum Gasteiger partial charge on any atom is -0.347 e. The number of nitrogens with one attached hydrogen (secondary N) is 1. The van der Waals surface area contributed by atoms with Crippen molar-refractivity contribution < 1.29 is 18.0 Å². The SMILES string of the molecule is O=C(N[C@H]1CN2CCC1CC2)c1ccc(-c2ccc(C(F)(F)F)cc2)s1. The Morgan fingerprint density at radius 1 is 1.08 bits per heavy atom. The van der Waals surface area contributed by atoms with Gasteiger partial charge in [0.25, 0.3) is 5.91 Å². The standard InChI is InChI=1S/C19H19F3N2OS/c20-19(21,22)14-3-1-13(2-4-14)16-5-6-17(26-16)18(25)23-15-11-24-9-7-12(15)8-10-24/h1-6,12,15H,7-11H2,(H,23,25)/t15-/m0/s1. The lowest BCUT2D eigenvalue weighted by Gasteiger charge is -2.44. The zero-order chi connectivity index (χ0) is 18.3. The molecule has 3 fully saturated rings. The highest BCUT2D eigenvalue weighted by Crippen LogP contribution is 2.33. The van der Waals surface area contributed by atoms with Gasteiger partial charge in [-0.2, -0.15) is 13.2 Å². The molecule has 0 radical (unpaired) electrons. The summed E-state index contributed by atoms with van der Waals surface area (Å²) in [6, 6.07) is 8.77. The molecule has 0 saturated carbocycles. The number of hydrogen-bond donors (Lipinski definition) is 1. The third kappa shape index (κ3) is 3.50. The fourth-order valence-corrected chi connectivity index (χ4v) is 4.72. The highest BCUT2D eigenvalue weighted by molar-refractivity contribution is 7.17. The number of thiophene rings is 1. The second-order valence-electron chi connectivity index (χ2n) is 6.96. The second-order valence-corrected chi connectivity index (χ2v) is 8.04. The Labute approximate surface area is 153 Å². The molecule has 5 rings (SSSR count). The first-order chi connectivity index (χ1) is 12.4. The van der Waals surface area contributed by atoms with Gasteiger partial charge in [-0.05, 0) is 61.7 Å². The zero-order valence-corrected chi connectivity index (χ0v) is 14.9. The van der Waals surface area contributed by atoms with E-state index in [9.17, 15) is 18.0 Å². The van der Waals surface area contributed by atoms with Crippen LogP contribution in [0.3, 0.4) is 0 Å². The molecule has 3 aliphatic rings. The van der Waals surface area contributed by atoms with E-state index in [1.54, 1.807) is 12.1 Å². The van der Waals surface area contributed by atoms with Gasteiger partial charge in [-0.25, -0.2) is 0 Å². The van der Waals surface area contributed by atoms with Gasteiger partial charge >= 0.3 is 6.18 Å². The predicted molar refractivity (Wildman–Crippen MR) is 95.2 cm³/mol. The summed E-state index contributed by atoms with van der Waals surface area (Å²) in [5.74, 6) is 0.463.